The molecule has 0 spiro atoms. The Hall–Kier alpha value is -1.32. The Balaban J connectivity index is 2.48. The Morgan fingerprint density at radius 1 is 1.17 bits per heavy atom. The second-order valence-corrected chi connectivity index (χ2v) is 4.62. The van der Waals surface area contributed by atoms with Crippen LogP contribution in [0.25, 0.3) is 11.4 Å². The molecule has 0 aliphatic heterocycles. The molecule has 1 aromatic carbocycles. The third-order valence-corrected chi connectivity index (χ3v) is 3.14. The molecule has 2 rings (SSSR count). The van der Waals surface area contributed by atoms with Crippen LogP contribution in [0.3, 0.4) is 0 Å². The summed E-state index contributed by atoms with van der Waals surface area (Å²) in [5.74, 6) is 0.571. The number of benzene rings is 1. The number of aromatic hydroxyl groups is 1. The Kier molecular flexibility index (Phi) is 4.04. The third kappa shape index (κ3) is 2.74. The second-order valence-electron chi connectivity index (χ2n) is 3.91. The number of hydrogen-bond donors (Lipinski definition) is 1. The molecule has 94 valence electrons. The van der Waals surface area contributed by atoms with E-state index in [1.165, 1.54) is 0 Å². The zero-order valence-electron chi connectivity index (χ0n) is 9.82. The van der Waals surface area contributed by atoms with Gasteiger partial charge in [0, 0.05) is 11.1 Å². The number of phenolic OH excluding ortho intramolecular Hbond substituents is 1. The number of rotatable bonds is 3. The molecule has 0 amide bonds. The van der Waals surface area contributed by atoms with Gasteiger partial charge in [0.1, 0.15) is 16.1 Å². The van der Waals surface area contributed by atoms with Crippen LogP contribution in [0.5, 0.6) is 5.75 Å². The SMILES string of the molecule is CCCc1c(Cl)nc(-c2cccc(O)c2)nc1Cl. The van der Waals surface area contributed by atoms with Crippen molar-refractivity contribution < 1.29 is 5.11 Å². The lowest BCUT2D eigenvalue weighted by Crippen LogP contribution is -1.97. The van der Waals surface area contributed by atoms with E-state index >= 15 is 0 Å². The standard InChI is InChI=1S/C13H12Cl2N2O/c1-2-4-10-11(14)16-13(17-12(10)15)8-5-3-6-9(18)7-8/h3,5-7,18H,2,4H2,1H3. The summed E-state index contributed by atoms with van der Waals surface area (Å²) in [6.07, 6.45) is 1.67. The molecule has 0 radical (unpaired) electrons. The van der Waals surface area contributed by atoms with Gasteiger partial charge in [-0.1, -0.05) is 48.7 Å². The molecule has 1 heterocycles. The van der Waals surface area contributed by atoms with E-state index in [-0.39, 0.29) is 5.75 Å². The van der Waals surface area contributed by atoms with Crippen LogP contribution in [0.2, 0.25) is 10.3 Å². The van der Waals surface area contributed by atoms with Gasteiger partial charge in [0.15, 0.2) is 5.82 Å². The van der Waals surface area contributed by atoms with Gasteiger partial charge in [-0.2, -0.15) is 0 Å². The molecule has 0 unspecified atom stereocenters. The number of halogens is 2. The summed E-state index contributed by atoms with van der Waals surface area (Å²) in [7, 11) is 0. The maximum absolute atomic E-state index is 9.43. The predicted octanol–water partition coefficient (Wildman–Crippen LogP) is 4.11. The van der Waals surface area contributed by atoms with E-state index in [9.17, 15) is 5.11 Å². The first-order chi connectivity index (χ1) is 8.61. The average molecular weight is 283 g/mol. The van der Waals surface area contributed by atoms with Crippen LogP contribution < -0.4 is 0 Å². The summed E-state index contributed by atoms with van der Waals surface area (Å²) in [5.41, 5.74) is 1.45. The lowest BCUT2D eigenvalue weighted by atomic mass is 10.2. The first-order valence-electron chi connectivity index (χ1n) is 5.63. The Labute approximate surface area is 115 Å². The van der Waals surface area contributed by atoms with E-state index in [0.717, 1.165) is 18.4 Å². The van der Waals surface area contributed by atoms with Gasteiger partial charge in [-0.15, -0.1) is 0 Å². The molecule has 1 N–H and O–H groups in total. The minimum Gasteiger partial charge on any atom is -0.508 e. The topological polar surface area (TPSA) is 46.0 Å². The van der Waals surface area contributed by atoms with E-state index in [1.54, 1.807) is 24.3 Å². The largest absolute Gasteiger partial charge is 0.508 e. The quantitative estimate of drug-likeness (QED) is 0.862. The van der Waals surface area contributed by atoms with Crippen molar-refractivity contribution in [2.75, 3.05) is 0 Å². The second kappa shape index (κ2) is 5.55. The van der Waals surface area contributed by atoms with Crippen molar-refractivity contribution in [3.63, 3.8) is 0 Å². The molecule has 2 aromatic rings. The van der Waals surface area contributed by atoms with Crippen LogP contribution in [0.1, 0.15) is 18.9 Å². The summed E-state index contributed by atoms with van der Waals surface area (Å²) in [4.78, 5) is 8.45. The highest BCUT2D eigenvalue weighted by molar-refractivity contribution is 6.34. The Morgan fingerprint density at radius 3 is 2.39 bits per heavy atom. The Bertz CT molecular complexity index is 550. The van der Waals surface area contributed by atoms with Gasteiger partial charge >= 0.3 is 0 Å². The zero-order chi connectivity index (χ0) is 13.1. The minimum atomic E-state index is 0.154. The summed E-state index contributed by atoms with van der Waals surface area (Å²) < 4.78 is 0. The highest BCUT2D eigenvalue weighted by atomic mass is 35.5. The molecule has 0 aliphatic rings. The normalized spacial score (nSPS) is 10.6. The van der Waals surface area contributed by atoms with Gasteiger partial charge in [0.25, 0.3) is 0 Å². The lowest BCUT2D eigenvalue weighted by molar-refractivity contribution is 0.475. The molecule has 0 saturated heterocycles. The van der Waals surface area contributed by atoms with Crippen molar-refractivity contribution in [3.05, 3.63) is 40.1 Å². The maximum Gasteiger partial charge on any atom is 0.162 e. The smallest absolute Gasteiger partial charge is 0.162 e. The van der Waals surface area contributed by atoms with Crippen LogP contribution in [0.4, 0.5) is 0 Å². The van der Waals surface area contributed by atoms with Crippen molar-refractivity contribution in [2.45, 2.75) is 19.8 Å². The first kappa shape index (κ1) is 13.1. The fraction of sp³-hybridized carbons (Fsp3) is 0.231. The molecule has 5 heteroatoms. The maximum atomic E-state index is 9.43. The molecule has 3 nitrogen and oxygen atoms in total. The van der Waals surface area contributed by atoms with Gasteiger partial charge in [0.2, 0.25) is 0 Å². The van der Waals surface area contributed by atoms with Crippen LogP contribution in [0.15, 0.2) is 24.3 Å². The van der Waals surface area contributed by atoms with E-state index in [0.29, 0.717) is 21.7 Å². The van der Waals surface area contributed by atoms with Crippen molar-refractivity contribution >= 4 is 23.2 Å². The number of phenols is 1. The molecular formula is C13H12Cl2N2O. The molecule has 18 heavy (non-hydrogen) atoms. The number of hydrogen-bond acceptors (Lipinski definition) is 3. The zero-order valence-corrected chi connectivity index (χ0v) is 11.3. The van der Waals surface area contributed by atoms with Gasteiger partial charge in [-0.25, -0.2) is 9.97 Å². The van der Waals surface area contributed by atoms with E-state index in [2.05, 4.69) is 9.97 Å². The molecular weight excluding hydrogens is 271 g/mol. The molecule has 0 bridgehead atoms. The van der Waals surface area contributed by atoms with Crippen LogP contribution >= 0.6 is 23.2 Å². The summed E-state index contributed by atoms with van der Waals surface area (Å²) in [6.45, 7) is 2.04. The minimum absolute atomic E-state index is 0.154. The van der Waals surface area contributed by atoms with Gasteiger partial charge in [0.05, 0.1) is 0 Å². The van der Waals surface area contributed by atoms with Gasteiger partial charge in [-0.05, 0) is 18.6 Å². The summed E-state index contributed by atoms with van der Waals surface area (Å²) in [5, 5.41) is 10.2. The molecule has 0 atom stereocenters. The molecule has 0 saturated carbocycles. The van der Waals surface area contributed by atoms with E-state index < -0.39 is 0 Å². The molecule has 0 fully saturated rings. The van der Waals surface area contributed by atoms with Gasteiger partial charge in [-0.3, -0.25) is 0 Å². The molecule has 1 aromatic heterocycles. The van der Waals surface area contributed by atoms with E-state index in [4.69, 9.17) is 23.2 Å². The number of nitrogens with zero attached hydrogens (tertiary/aromatic N) is 2. The van der Waals surface area contributed by atoms with Crippen molar-refractivity contribution in [1.82, 2.24) is 9.97 Å². The van der Waals surface area contributed by atoms with Crippen molar-refractivity contribution in [3.8, 4) is 17.1 Å². The van der Waals surface area contributed by atoms with E-state index in [1.807, 2.05) is 6.92 Å². The van der Waals surface area contributed by atoms with Crippen molar-refractivity contribution in [1.29, 1.82) is 0 Å². The highest BCUT2D eigenvalue weighted by Crippen LogP contribution is 2.27. The molecule has 0 aliphatic carbocycles. The monoisotopic (exact) mass is 282 g/mol. The third-order valence-electron chi connectivity index (χ3n) is 2.51. The van der Waals surface area contributed by atoms with Crippen molar-refractivity contribution in [2.24, 2.45) is 0 Å². The first-order valence-corrected chi connectivity index (χ1v) is 6.38. The van der Waals surface area contributed by atoms with Crippen LogP contribution in [-0.2, 0) is 6.42 Å². The Morgan fingerprint density at radius 2 is 1.83 bits per heavy atom. The number of aromatic nitrogens is 2. The summed E-state index contributed by atoms with van der Waals surface area (Å²) in [6, 6.07) is 6.66. The average Bonchev–Trinajstić information content (AvgIpc) is 2.33. The lowest BCUT2D eigenvalue weighted by Gasteiger charge is -2.07. The van der Waals surface area contributed by atoms with Gasteiger partial charge < -0.3 is 5.11 Å². The fourth-order valence-corrected chi connectivity index (χ4v) is 2.24. The van der Waals surface area contributed by atoms with Crippen LogP contribution in [0, 0.1) is 0 Å². The predicted molar refractivity (Wildman–Crippen MR) is 73.1 cm³/mol. The highest BCUT2D eigenvalue weighted by Gasteiger charge is 2.12. The van der Waals surface area contributed by atoms with Crippen LogP contribution in [-0.4, -0.2) is 15.1 Å². The fourth-order valence-electron chi connectivity index (χ4n) is 1.66. The summed E-state index contributed by atoms with van der Waals surface area (Å²) >= 11 is 12.2.